The number of hydrogen-bond acceptors (Lipinski definition) is 2. The fourth-order valence-corrected chi connectivity index (χ4v) is 3.61. The van der Waals surface area contributed by atoms with Crippen molar-refractivity contribution < 1.29 is 4.79 Å². The molecule has 3 rings (SSSR count). The van der Waals surface area contributed by atoms with Gasteiger partial charge < -0.3 is 11.1 Å². The predicted octanol–water partition coefficient (Wildman–Crippen LogP) is 4.04. The van der Waals surface area contributed by atoms with Crippen LogP contribution in [0.15, 0.2) is 22.7 Å². The zero-order valence-electron chi connectivity index (χ0n) is 11.7. The van der Waals surface area contributed by atoms with Gasteiger partial charge in [-0.05, 0) is 61.6 Å². The Labute approximate surface area is 128 Å². The SMILES string of the molecule is CC(C(=O)Nc1ccc(Br)cc1N)C(C1CC1)C1CC1. The third-order valence-electron chi connectivity index (χ3n) is 4.60. The lowest BCUT2D eigenvalue weighted by atomic mass is 9.84. The number of carbonyl (C=O) groups excluding carboxylic acids is 1. The van der Waals surface area contributed by atoms with Crippen molar-refractivity contribution >= 4 is 33.2 Å². The maximum Gasteiger partial charge on any atom is 0.227 e. The summed E-state index contributed by atoms with van der Waals surface area (Å²) in [6, 6.07) is 5.57. The van der Waals surface area contributed by atoms with Crippen LogP contribution in [0.1, 0.15) is 32.6 Å². The van der Waals surface area contributed by atoms with E-state index in [-0.39, 0.29) is 11.8 Å². The number of nitrogen functional groups attached to an aromatic ring is 1. The number of amides is 1. The molecule has 1 aromatic carbocycles. The zero-order valence-corrected chi connectivity index (χ0v) is 13.3. The molecule has 0 bridgehead atoms. The van der Waals surface area contributed by atoms with Gasteiger partial charge in [0.1, 0.15) is 0 Å². The van der Waals surface area contributed by atoms with Crippen molar-refractivity contribution in [2.75, 3.05) is 11.1 Å². The minimum absolute atomic E-state index is 0.0815. The molecule has 3 nitrogen and oxygen atoms in total. The lowest BCUT2D eigenvalue weighted by Gasteiger charge is -2.23. The maximum atomic E-state index is 12.5. The minimum Gasteiger partial charge on any atom is -0.397 e. The second-order valence-corrected chi connectivity index (χ2v) is 7.18. The summed E-state index contributed by atoms with van der Waals surface area (Å²) < 4.78 is 0.926. The molecule has 2 saturated carbocycles. The highest BCUT2D eigenvalue weighted by molar-refractivity contribution is 9.10. The van der Waals surface area contributed by atoms with Crippen molar-refractivity contribution in [2.45, 2.75) is 32.6 Å². The van der Waals surface area contributed by atoms with Crippen molar-refractivity contribution in [3.05, 3.63) is 22.7 Å². The lowest BCUT2D eigenvalue weighted by molar-refractivity contribution is -0.121. The van der Waals surface area contributed by atoms with Crippen LogP contribution in [0.25, 0.3) is 0 Å². The van der Waals surface area contributed by atoms with Gasteiger partial charge >= 0.3 is 0 Å². The molecule has 0 spiro atoms. The van der Waals surface area contributed by atoms with Crippen LogP contribution in [0.4, 0.5) is 11.4 Å². The summed E-state index contributed by atoms with van der Waals surface area (Å²) >= 11 is 3.38. The van der Waals surface area contributed by atoms with E-state index in [0.717, 1.165) is 22.0 Å². The van der Waals surface area contributed by atoms with Crippen LogP contribution in [0.5, 0.6) is 0 Å². The Bertz CT molecular complexity index is 511. The first kappa shape index (κ1) is 13.9. The largest absolute Gasteiger partial charge is 0.397 e. The summed E-state index contributed by atoms with van der Waals surface area (Å²) in [4.78, 5) is 12.5. The number of anilines is 2. The van der Waals surface area contributed by atoms with Gasteiger partial charge in [0.05, 0.1) is 11.4 Å². The number of halogens is 1. The molecule has 2 fully saturated rings. The van der Waals surface area contributed by atoms with Gasteiger partial charge in [-0.1, -0.05) is 22.9 Å². The second kappa shape index (κ2) is 5.40. The number of carbonyl (C=O) groups is 1. The Morgan fingerprint density at radius 2 is 1.90 bits per heavy atom. The molecule has 1 aromatic rings. The third kappa shape index (κ3) is 3.00. The number of nitrogens with two attached hydrogens (primary N) is 1. The van der Waals surface area contributed by atoms with Crippen LogP contribution in [-0.4, -0.2) is 5.91 Å². The molecule has 0 saturated heterocycles. The average Bonchev–Trinajstić information content (AvgIpc) is 3.25. The first-order valence-corrected chi connectivity index (χ1v) is 8.21. The number of benzene rings is 1. The van der Waals surface area contributed by atoms with E-state index >= 15 is 0 Å². The average molecular weight is 337 g/mol. The smallest absolute Gasteiger partial charge is 0.227 e. The first-order valence-electron chi connectivity index (χ1n) is 7.42. The highest BCUT2D eigenvalue weighted by atomic mass is 79.9. The Morgan fingerprint density at radius 3 is 2.40 bits per heavy atom. The van der Waals surface area contributed by atoms with Crippen molar-refractivity contribution in [1.82, 2.24) is 0 Å². The van der Waals surface area contributed by atoms with Gasteiger partial charge in [0.25, 0.3) is 0 Å². The van der Waals surface area contributed by atoms with Crippen LogP contribution in [0, 0.1) is 23.7 Å². The molecule has 0 aliphatic heterocycles. The molecule has 2 aliphatic carbocycles. The standard InChI is InChI=1S/C16H21BrN2O/c1-9(15(10-2-3-10)11-4-5-11)16(20)19-14-7-6-12(17)8-13(14)18/h6-11,15H,2-5,18H2,1H3,(H,19,20). The molecular weight excluding hydrogens is 316 g/mol. The van der Waals surface area contributed by atoms with Gasteiger partial charge in [0.2, 0.25) is 5.91 Å². The number of rotatable bonds is 5. The van der Waals surface area contributed by atoms with E-state index in [1.165, 1.54) is 25.7 Å². The van der Waals surface area contributed by atoms with E-state index in [2.05, 4.69) is 28.2 Å². The quantitative estimate of drug-likeness (QED) is 0.797. The Hall–Kier alpha value is -1.03. The molecule has 1 atom stereocenters. The molecule has 108 valence electrons. The summed E-state index contributed by atoms with van der Waals surface area (Å²) in [7, 11) is 0. The summed E-state index contributed by atoms with van der Waals surface area (Å²) in [6.45, 7) is 2.08. The molecule has 0 heterocycles. The molecule has 1 amide bonds. The van der Waals surface area contributed by atoms with Crippen LogP contribution in [-0.2, 0) is 4.79 Å². The first-order chi connectivity index (χ1) is 9.56. The van der Waals surface area contributed by atoms with Gasteiger partial charge in [-0.25, -0.2) is 0 Å². The maximum absolute atomic E-state index is 12.5. The predicted molar refractivity (Wildman–Crippen MR) is 85.3 cm³/mol. The van der Waals surface area contributed by atoms with E-state index in [4.69, 9.17) is 5.73 Å². The van der Waals surface area contributed by atoms with Crippen LogP contribution in [0.2, 0.25) is 0 Å². The summed E-state index contributed by atoms with van der Waals surface area (Å²) in [5.41, 5.74) is 7.27. The summed E-state index contributed by atoms with van der Waals surface area (Å²) in [6.07, 6.45) is 5.22. The van der Waals surface area contributed by atoms with Crippen molar-refractivity contribution in [1.29, 1.82) is 0 Å². The Morgan fingerprint density at radius 1 is 1.30 bits per heavy atom. The number of hydrogen-bond donors (Lipinski definition) is 2. The highest BCUT2D eigenvalue weighted by Gasteiger charge is 2.45. The van der Waals surface area contributed by atoms with E-state index in [0.29, 0.717) is 11.6 Å². The van der Waals surface area contributed by atoms with Crippen LogP contribution in [0.3, 0.4) is 0 Å². The number of nitrogens with one attached hydrogen (secondary N) is 1. The fourth-order valence-electron chi connectivity index (χ4n) is 3.23. The van der Waals surface area contributed by atoms with Gasteiger partial charge in [-0.3, -0.25) is 4.79 Å². The van der Waals surface area contributed by atoms with E-state index in [1.807, 2.05) is 18.2 Å². The van der Waals surface area contributed by atoms with E-state index < -0.39 is 0 Å². The van der Waals surface area contributed by atoms with Crippen molar-refractivity contribution in [3.63, 3.8) is 0 Å². The van der Waals surface area contributed by atoms with Gasteiger partial charge in [0.15, 0.2) is 0 Å². The topological polar surface area (TPSA) is 55.1 Å². The second-order valence-electron chi connectivity index (χ2n) is 6.26. The molecule has 0 radical (unpaired) electrons. The summed E-state index contributed by atoms with van der Waals surface area (Å²) in [5.74, 6) is 2.34. The minimum atomic E-state index is 0.0815. The Kier molecular flexibility index (Phi) is 3.76. The molecule has 2 aliphatic rings. The molecule has 1 unspecified atom stereocenters. The molecule has 20 heavy (non-hydrogen) atoms. The van der Waals surface area contributed by atoms with E-state index in [9.17, 15) is 4.79 Å². The lowest BCUT2D eigenvalue weighted by Crippen LogP contribution is -2.29. The van der Waals surface area contributed by atoms with Crippen LogP contribution >= 0.6 is 15.9 Å². The Balaban J connectivity index is 1.68. The van der Waals surface area contributed by atoms with Crippen LogP contribution < -0.4 is 11.1 Å². The highest BCUT2D eigenvalue weighted by Crippen LogP contribution is 2.52. The van der Waals surface area contributed by atoms with Crippen molar-refractivity contribution in [3.8, 4) is 0 Å². The molecule has 4 heteroatoms. The zero-order chi connectivity index (χ0) is 14.3. The third-order valence-corrected chi connectivity index (χ3v) is 5.09. The van der Waals surface area contributed by atoms with Crippen molar-refractivity contribution in [2.24, 2.45) is 23.7 Å². The van der Waals surface area contributed by atoms with E-state index in [1.54, 1.807) is 0 Å². The fraction of sp³-hybridized carbons (Fsp3) is 0.562. The van der Waals surface area contributed by atoms with Gasteiger partial charge in [-0.2, -0.15) is 0 Å². The molecular formula is C16H21BrN2O. The summed E-state index contributed by atoms with van der Waals surface area (Å²) in [5, 5.41) is 3.00. The monoisotopic (exact) mass is 336 g/mol. The normalized spacial score (nSPS) is 19.9. The van der Waals surface area contributed by atoms with Gasteiger partial charge in [0, 0.05) is 10.4 Å². The molecule has 0 aromatic heterocycles. The van der Waals surface area contributed by atoms with Gasteiger partial charge in [-0.15, -0.1) is 0 Å². The molecule has 3 N–H and O–H groups in total.